The molecule has 0 radical (unpaired) electrons. The molecular formula is C29H44N2O2. The highest BCUT2D eigenvalue weighted by atomic mass is 16.2. The van der Waals surface area contributed by atoms with Crippen LogP contribution in [-0.4, -0.2) is 28.4 Å². The van der Waals surface area contributed by atoms with Crippen LogP contribution >= 0.6 is 0 Å². The van der Waals surface area contributed by atoms with E-state index in [0.29, 0.717) is 17.8 Å². The maximum Gasteiger partial charge on any atom is 0.324 e. The summed E-state index contributed by atoms with van der Waals surface area (Å²) < 4.78 is 0. The van der Waals surface area contributed by atoms with Crippen LogP contribution in [0.2, 0.25) is 0 Å². The molecule has 33 heavy (non-hydrogen) atoms. The van der Waals surface area contributed by atoms with Crippen LogP contribution in [-0.2, 0) is 4.79 Å². The number of imide groups is 1. The Morgan fingerprint density at radius 2 is 1.58 bits per heavy atom. The van der Waals surface area contributed by atoms with Crippen LogP contribution in [0.1, 0.15) is 110 Å². The zero-order valence-corrected chi connectivity index (χ0v) is 20.9. The standard InChI is InChI=1S/C29H44N2O2/c1-27-9-3-4-22(27)21-5-6-24-28(2,23(21)7-10-27)11-8-25(32)31(24)26(33)30-29-15-18-12-19(16-29)14-20(13-18)17-29/h18-24H,3-17H2,1-2H3,(H,30,33)/t18?,19?,20?,21-,22-,23-,24+,27-,28+,29?/m0/s1. The number of urea groups is 1. The molecule has 1 N–H and O–H groups in total. The normalized spacial score (nSPS) is 54.5. The van der Waals surface area contributed by atoms with Crippen LogP contribution in [0.5, 0.6) is 0 Å². The van der Waals surface area contributed by atoms with Gasteiger partial charge in [0.2, 0.25) is 5.91 Å². The molecule has 3 amide bonds. The predicted octanol–water partition coefficient (Wildman–Crippen LogP) is 6.29. The summed E-state index contributed by atoms with van der Waals surface area (Å²) in [7, 11) is 0. The average Bonchev–Trinajstić information content (AvgIpc) is 3.14. The molecular weight excluding hydrogens is 408 g/mol. The largest absolute Gasteiger partial charge is 0.332 e. The van der Waals surface area contributed by atoms with Gasteiger partial charge in [0.1, 0.15) is 0 Å². The molecule has 1 heterocycles. The fourth-order valence-electron chi connectivity index (χ4n) is 11.7. The van der Waals surface area contributed by atoms with Crippen molar-refractivity contribution in [3.63, 3.8) is 0 Å². The van der Waals surface area contributed by atoms with Gasteiger partial charge in [0.15, 0.2) is 0 Å². The lowest BCUT2D eigenvalue weighted by Crippen LogP contribution is -2.68. The topological polar surface area (TPSA) is 49.4 Å². The predicted molar refractivity (Wildman–Crippen MR) is 128 cm³/mol. The summed E-state index contributed by atoms with van der Waals surface area (Å²) in [5.74, 6) is 4.89. The molecule has 6 atom stereocenters. The minimum atomic E-state index is -0.0298. The number of nitrogens with zero attached hydrogens (tertiary/aromatic N) is 1. The van der Waals surface area contributed by atoms with E-state index in [1.54, 1.807) is 4.90 Å². The number of fused-ring (bicyclic) bond motifs is 5. The van der Waals surface area contributed by atoms with Crippen molar-refractivity contribution in [2.75, 3.05) is 0 Å². The summed E-state index contributed by atoms with van der Waals surface area (Å²) in [6.07, 6.45) is 18.3. The molecule has 1 saturated heterocycles. The molecule has 182 valence electrons. The third kappa shape index (κ3) is 3.00. The number of nitrogens with one attached hydrogen (secondary N) is 1. The average molecular weight is 453 g/mol. The molecule has 4 heteroatoms. The summed E-state index contributed by atoms with van der Waals surface area (Å²) in [6, 6.07) is 0.0810. The van der Waals surface area contributed by atoms with E-state index in [1.807, 2.05) is 0 Å². The number of carbonyl (C=O) groups is 2. The lowest BCUT2D eigenvalue weighted by molar-refractivity contribution is -0.153. The van der Waals surface area contributed by atoms with Gasteiger partial charge in [0, 0.05) is 18.0 Å². The first-order valence-corrected chi connectivity index (χ1v) is 14.4. The zero-order chi connectivity index (χ0) is 22.6. The second-order valence-electron chi connectivity index (χ2n) is 14.5. The van der Waals surface area contributed by atoms with Gasteiger partial charge in [-0.2, -0.15) is 0 Å². The van der Waals surface area contributed by atoms with Gasteiger partial charge in [-0.1, -0.05) is 20.3 Å². The monoisotopic (exact) mass is 452 g/mol. The minimum Gasteiger partial charge on any atom is -0.332 e. The van der Waals surface area contributed by atoms with Crippen LogP contribution in [0.15, 0.2) is 0 Å². The van der Waals surface area contributed by atoms with Crippen molar-refractivity contribution in [2.45, 2.75) is 122 Å². The Morgan fingerprint density at radius 3 is 2.27 bits per heavy atom. The van der Waals surface area contributed by atoms with Gasteiger partial charge in [-0.05, 0) is 130 Å². The number of rotatable bonds is 1. The number of hydrogen-bond donors (Lipinski definition) is 1. The molecule has 8 fully saturated rings. The molecule has 4 nitrogen and oxygen atoms in total. The van der Waals surface area contributed by atoms with Crippen molar-refractivity contribution in [2.24, 2.45) is 46.3 Å². The van der Waals surface area contributed by atoms with Crippen molar-refractivity contribution < 1.29 is 9.59 Å². The number of piperidine rings is 1. The Labute approximate surface area is 200 Å². The summed E-state index contributed by atoms with van der Waals surface area (Å²) in [5, 5.41) is 3.56. The van der Waals surface area contributed by atoms with Crippen molar-refractivity contribution in [3.05, 3.63) is 0 Å². The van der Waals surface area contributed by atoms with Gasteiger partial charge in [0.25, 0.3) is 0 Å². The number of hydrogen-bond acceptors (Lipinski definition) is 2. The van der Waals surface area contributed by atoms with Crippen LogP contribution in [0.4, 0.5) is 4.79 Å². The molecule has 7 aliphatic carbocycles. The van der Waals surface area contributed by atoms with E-state index >= 15 is 0 Å². The minimum absolute atomic E-state index is 0.0202. The molecule has 0 aromatic heterocycles. The Kier molecular flexibility index (Phi) is 4.51. The molecule has 8 rings (SSSR count). The van der Waals surface area contributed by atoms with E-state index in [-0.39, 0.29) is 28.9 Å². The van der Waals surface area contributed by atoms with Crippen molar-refractivity contribution >= 4 is 11.9 Å². The third-order valence-corrected chi connectivity index (χ3v) is 12.7. The van der Waals surface area contributed by atoms with Gasteiger partial charge >= 0.3 is 6.03 Å². The fraction of sp³-hybridized carbons (Fsp3) is 0.931. The lowest BCUT2D eigenvalue weighted by Gasteiger charge is -2.62. The summed E-state index contributed by atoms with van der Waals surface area (Å²) in [4.78, 5) is 28.9. The van der Waals surface area contributed by atoms with Crippen LogP contribution in [0.3, 0.4) is 0 Å². The van der Waals surface area contributed by atoms with Crippen LogP contribution < -0.4 is 5.32 Å². The summed E-state index contributed by atoms with van der Waals surface area (Å²) in [5.41, 5.74) is 0.650. The highest BCUT2D eigenvalue weighted by Crippen LogP contribution is 2.65. The second kappa shape index (κ2) is 7.00. The number of likely N-dealkylation sites (tertiary alicyclic amines) is 1. The van der Waals surface area contributed by atoms with E-state index in [2.05, 4.69) is 19.2 Å². The third-order valence-electron chi connectivity index (χ3n) is 12.7. The molecule has 8 aliphatic rings. The second-order valence-corrected chi connectivity index (χ2v) is 14.5. The van der Waals surface area contributed by atoms with E-state index in [1.165, 1.54) is 57.8 Å². The van der Waals surface area contributed by atoms with Gasteiger partial charge in [-0.25, -0.2) is 4.79 Å². The number of amides is 3. The molecule has 0 unspecified atom stereocenters. The van der Waals surface area contributed by atoms with Crippen molar-refractivity contribution in [3.8, 4) is 0 Å². The van der Waals surface area contributed by atoms with E-state index in [4.69, 9.17) is 0 Å². The van der Waals surface area contributed by atoms with Gasteiger partial charge in [-0.15, -0.1) is 0 Å². The summed E-state index contributed by atoms with van der Waals surface area (Å²) in [6.45, 7) is 5.02. The first-order valence-electron chi connectivity index (χ1n) is 14.4. The summed E-state index contributed by atoms with van der Waals surface area (Å²) >= 11 is 0. The quantitative estimate of drug-likeness (QED) is 0.508. The van der Waals surface area contributed by atoms with Crippen molar-refractivity contribution in [1.29, 1.82) is 0 Å². The highest BCUT2D eigenvalue weighted by Gasteiger charge is 2.61. The van der Waals surface area contributed by atoms with Gasteiger partial charge in [0.05, 0.1) is 0 Å². The van der Waals surface area contributed by atoms with Crippen LogP contribution in [0.25, 0.3) is 0 Å². The van der Waals surface area contributed by atoms with E-state index < -0.39 is 0 Å². The zero-order valence-electron chi connectivity index (χ0n) is 20.9. The molecule has 1 aliphatic heterocycles. The van der Waals surface area contributed by atoms with Crippen LogP contribution in [0, 0.1) is 46.3 Å². The SMILES string of the molecule is C[C@@]12CCC[C@H]1[C@@H]1CC[C@H]3N(C(=O)NC45CC6CC(CC(C6)C4)C5)C(=O)CC[C@]3(C)[C@H]1CC2. The fourth-order valence-corrected chi connectivity index (χ4v) is 11.7. The van der Waals surface area contributed by atoms with E-state index in [9.17, 15) is 9.59 Å². The van der Waals surface area contributed by atoms with Gasteiger partial charge in [-0.3, -0.25) is 9.69 Å². The maximum absolute atomic E-state index is 13.9. The Balaban J connectivity index is 1.14. The van der Waals surface area contributed by atoms with Crippen molar-refractivity contribution in [1.82, 2.24) is 10.2 Å². The number of carbonyl (C=O) groups excluding carboxylic acids is 2. The maximum atomic E-state index is 13.9. The smallest absolute Gasteiger partial charge is 0.324 e. The first-order chi connectivity index (χ1) is 15.8. The Bertz CT molecular complexity index is 832. The Hall–Kier alpha value is -1.06. The Morgan fingerprint density at radius 1 is 0.879 bits per heavy atom. The van der Waals surface area contributed by atoms with Gasteiger partial charge < -0.3 is 5.32 Å². The first kappa shape index (κ1) is 21.2. The molecule has 0 aromatic carbocycles. The molecule has 0 spiro atoms. The lowest BCUT2D eigenvalue weighted by atomic mass is 9.47. The molecule has 4 bridgehead atoms. The molecule has 7 saturated carbocycles. The highest BCUT2D eigenvalue weighted by molar-refractivity contribution is 5.96. The van der Waals surface area contributed by atoms with E-state index in [0.717, 1.165) is 61.7 Å². The molecule has 0 aromatic rings.